The molecule has 20 heavy (non-hydrogen) atoms. The van der Waals surface area contributed by atoms with Gasteiger partial charge in [-0.3, -0.25) is 4.90 Å². The van der Waals surface area contributed by atoms with Gasteiger partial charge in [-0.05, 0) is 57.7 Å². The van der Waals surface area contributed by atoms with E-state index in [-0.39, 0.29) is 11.1 Å². The summed E-state index contributed by atoms with van der Waals surface area (Å²) in [6.07, 6.45) is 1.18. The Labute approximate surface area is 124 Å². The molecule has 1 aromatic carbocycles. The van der Waals surface area contributed by atoms with Gasteiger partial charge in [0, 0.05) is 30.7 Å². The molecule has 1 unspecified atom stereocenters. The summed E-state index contributed by atoms with van der Waals surface area (Å²) < 4.78 is 0. The third kappa shape index (κ3) is 3.24. The highest BCUT2D eigenvalue weighted by atomic mass is 15.3. The topological polar surface area (TPSA) is 15.3 Å². The van der Waals surface area contributed by atoms with Crippen molar-refractivity contribution in [3.63, 3.8) is 0 Å². The van der Waals surface area contributed by atoms with E-state index in [9.17, 15) is 0 Å². The van der Waals surface area contributed by atoms with Crippen LogP contribution in [0.25, 0.3) is 0 Å². The summed E-state index contributed by atoms with van der Waals surface area (Å²) in [6, 6.07) is 6.88. The molecule has 0 saturated carbocycles. The van der Waals surface area contributed by atoms with E-state index in [4.69, 9.17) is 0 Å². The first-order chi connectivity index (χ1) is 9.26. The maximum atomic E-state index is 3.69. The Morgan fingerprint density at radius 1 is 1.15 bits per heavy atom. The number of hydrogen-bond acceptors (Lipinski definition) is 2. The summed E-state index contributed by atoms with van der Waals surface area (Å²) in [5.41, 5.74) is 4.68. The molecule has 0 aliphatic carbocycles. The molecule has 1 aliphatic rings. The van der Waals surface area contributed by atoms with Crippen LogP contribution in [0.15, 0.2) is 18.2 Å². The molecule has 1 aromatic rings. The Morgan fingerprint density at radius 3 is 2.45 bits per heavy atom. The van der Waals surface area contributed by atoms with Crippen LogP contribution < -0.4 is 5.32 Å². The van der Waals surface area contributed by atoms with Gasteiger partial charge in [-0.25, -0.2) is 0 Å². The van der Waals surface area contributed by atoms with Crippen LogP contribution in [-0.2, 0) is 6.54 Å². The van der Waals surface area contributed by atoms with Gasteiger partial charge >= 0.3 is 0 Å². The lowest BCUT2D eigenvalue weighted by Crippen LogP contribution is -2.66. The minimum absolute atomic E-state index is 0.203. The highest BCUT2D eigenvalue weighted by Crippen LogP contribution is 2.28. The molecule has 1 heterocycles. The van der Waals surface area contributed by atoms with Crippen LogP contribution in [0.3, 0.4) is 0 Å². The SMILES string of the molecule is CCC1(C)CNC(C)(C)CN1Cc1ccc(C)c(C)c1. The zero-order chi connectivity index (χ0) is 15.0. The van der Waals surface area contributed by atoms with Crippen molar-refractivity contribution in [2.75, 3.05) is 13.1 Å². The predicted octanol–water partition coefficient (Wildman–Crippen LogP) is 3.66. The normalized spacial score (nSPS) is 26.7. The quantitative estimate of drug-likeness (QED) is 0.905. The third-order valence-electron chi connectivity index (χ3n) is 5.00. The van der Waals surface area contributed by atoms with Crippen molar-refractivity contribution in [1.82, 2.24) is 10.2 Å². The average Bonchev–Trinajstić information content (AvgIpc) is 2.38. The minimum Gasteiger partial charge on any atom is -0.309 e. The van der Waals surface area contributed by atoms with Gasteiger partial charge in [0.1, 0.15) is 0 Å². The van der Waals surface area contributed by atoms with Gasteiger partial charge in [-0.2, -0.15) is 0 Å². The maximum Gasteiger partial charge on any atom is 0.0307 e. The Balaban J connectivity index is 2.21. The van der Waals surface area contributed by atoms with Crippen LogP contribution in [0, 0.1) is 13.8 Å². The Bertz CT molecular complexity index is 478. The minimum atomic E-state index is 0.203. The molecule has 1 N–H and O–H groups in total. The molecule has 0 radical (unpaired) electrons. The number of benzene rings is 1. The summed E-state index contributed by atoms with van der Waals surface area (Å²) in [5.74, 6) is 0. The van der Waals surface area contributed by atoms with Gasteiger partial charge in [-0.15, -0.1) is 0 Å². The monoisotopic (exact) mass is 274 g/mol. The molecule has 0 spiro atoms. The van der Waals surface area contributed by atoms with E-state index in [0.29, 0.717) is 0 Å². The van der Waals surface area contributed by atoms with Gasteiger partial charge in [0.2, 0.25) is 0 Å². The van der Waals surface area contributed by atoms with Gasteiger partial charge in [0.25, 0.3) is 0 Å². The fourth-order valence-corrected chi connectivity index (χ4v) is 2.98. The number of piperazine rings is 1. The molecule has 0 amide bonds. The molecule has 2 heteroatoms. The van der Waals surface area contributed by atoms with Crippen LogP contribution >= 0.6 is 0 Å². The molecule has 2 rings (SSSR count). The van der Waals surface area contributed by atoms with Gasteiger partial charge in [0.15, 0.2) is 0 Å². The molecule has 0 bridgehead atoms. The maximum absolute atomic E-state index is 3.69. The molecule has 1 fully saturated rings. The van der Waals surface area contributed by atoms with E-state index >= 15 is 0 Å². The number of nitrogens with zero attached hydrogens (tertiary/aromatic N) is 1. The number of aryl methyl sites for hydroxylation is 2. The fourth-order valence-electron chi connectivity index (χ4n) is 2.98. The second-order valence-electron chi connectivity index (χ2n) is 7.36. The second kappa shape index (κ2) is 5.50. The first kappa shape index (κ1) is 15.5. The third-order valence-corrected chi connectivity index (χ3v) is 5.00. The Kier molecular flexibility index (Phi) is 4.27. The molecular weight excluding hydrogens is 244 g/mol. The van der Waals surface area contributed by atoms with Gasteiger partial charge < -0.3 is 5.32 Å². The van der Waals surface area contributed by atoms with Crippen LogP contribution in [0.2, 0.25) is 0 Å². The number of nitrogens with one attached hydrogen (secondary N) is 1. The van der Waals surface area contributed by atoms with Crippen LogP contribution in [0.4, 0.5) is 0 Å². The van der Waals surface area contributed by atoms with E-state index in [1.54, 1.807) is 0 Å². The van der Waals surface area contributed by atoms with Gasteiger partial charge in [-0.1, -0.05) is 25.1 Å². The zero-order valence-electron chi connectivity index (χ0n) is 14.0. The van der Waals surface area contributed by atoms with Crippen molar-refractivity contribution < 1.29 is 0 Å². The van der Waals surface area contributed by atoms with Crippen molar-refractivity contribution in [2.24, 2.45) is 0 Å². The van der Waals surface area contributed by atoms with Crippen molar-refractivity contribution in [3.05, 3.63) is 34.9 Å². The van der Waals surface area contributed by atoms with E-state index in [1.165, 1.54) is 23.1 Å². The summed E-state index contributed by atoms with van der Waals surface area (Å²) in [7, 11) is 0. The molecule has 1 aliphatic heterocycles. The standard InChI is InChI=1S/C18H30N2/c1-7-18(6)12-19-17(4,5)13-20(18)11-16-9-8-14(2)15(3)10-16/h8-10,19H,7,11-13H2,1-6H3. The summed E-state index contributed by atoms with van der Waals surface area (Å²) in [6.45, 7) is 16.9. The molecule has 1 saturated heterocycles. The second-order valence-corrected chi connectivity index (χ2v) is 7.36. The zero-order valence-corrected chi connectivity index (χ0v) is 14.0. The molecule has 1 atom stereocenters. The van der Waals surface area contributed by atoms with Crippen molar-refractivity contribution >= 4 is 0 Å². The summed E-state index contributed by atoms with van der Waals surface area (Å²) >= 11 is 0. The average molecular weight is 274 g/mol. The summed E-state index contributed by atoms with van der Waals surface area (Å²) in [5, 5.41) is 3.69. The molecule has 2 nitrogen and oxygen atoms in total. The lowest BCUT2D eigenvalue weighted by atomic mass is 9.87. The van der Waals surface area contributed by atoms with Gasteiger partial charge in [0.05, 0.1) is 0 Å². The summed E-state index contributed by atoms with van der Waals surface area (Å²) in [4.78, 5) is 2.66. The Morgan fingerprint density at radius 2 is 1.85 bits per heavy atom. The fraction of sp³-hybridized carbons (Fsp3) is 0.667. The number of rotatable bonds is 3. The highest BCUT2D eigenvalue weighted by Gasteiger charge is 2.39. The van der Waals surface area contributed by atoms with Crippen molar-refractivity contribution in [1.29, 1.82) is 0 Å². The van der Waals surface area contributed by atoms with E-state index in [2.05, 4.69) is 70.0 Å². The molecule has 112 valence electrons. The lowest BCUT2D eigenvalue weighted by Gasteiger charge is -2.51. The first-order valence-electron chi connectivity index (χ1n) is 7.82. The Hall–Kier alpha value is -0.860. The lowest BCUT2D eigenvalue weighted by molar-refractivity contribution is 0.0175. The van der Waals surface area contributed by atoms with Crippen LogP contribution in [0.5, 0.6) is 0 Å². The first-order valence-corrected chi connectivity index (χ1v) is 7.82. The van der Waals surface area contributed by atoms with Crippen molar-refractivity contribution in [3.8, 4) is 0 Å². The van der Waals surface area contributed by atoms with Crippen LogP contribution in [0.1, 0.15) is 50.8 Å². The van der Waals surface area contributed by atoms with E-state index < -0.39 is 0 Å². The van der Waals surface area contributed by atoms with E-state index in [0.717, 1.165) is 19.6 Å². The van der Waals surface area contributed by atoms with E-state index in [1.807, 2.05) is 0 Å². The van der Waals surface area contributed by atoms with Crippen LogP contribution in [-0.4, -0.2) is 29.1 Å². The number of hydrogen-bond donors (Lipinski definition) is 1. The molecular formula is C18H30N2. The highest BCUT2D eigenvalue weighted by molar-refractivity contribution is 5.30. The largest absolute Gasteiger partial charge is 0.309 e. The smallest absolute Gasteiger partial charge is 0.0307 e. The predicted molar refractivity (Wildman–Crippen MR) is 87.1 cm³/mol. The van der Waals surface area contributed by atoms with Crippen molar-refractivity contribution in [2.45, 2.75) is 65.6 Å². The molecule has 0 aromatic heterocycles.